The van der Waals surface area contributed by atoms with E-state index in [0.29, 0.717) is 5.56 Å². The molecule has 0 aliphatic heterocycles. The predicted octanol–water partition coefficient (Wildman–Crippen LogP) is -0.0204. The van der Waals surface area contributed by atoms with Gasteiger partial charge in [0.25, 0.3) is 0 Å². The van der Waals surface area contributed by atoms with Gasteiger partial charge in [-0.2, -0.15) is 0 Å². The zero-order valence-corrected chi connectivity index (χ0v) is 15.5. The normalized spacial score (nSPS) is 27.0. The molecule has 30 heavy (non-hydrogen) atoms. The van der Waals surface area contributed by atoms with Crippen LogP contribution >= 0.6 is 0 Å². The first-order chi connectivity index (χ1) is 14.2. The predicted molar refractivity (Wildman–Crippen MR) is 104 cm³/mol. The van der Waals surface area contributed by atoms with E-state index in [1.807, 2.05) is 0 Å². The van der Waals surface area contributed by atoms with Crippen molar-refractivity contribution in [2.75, 3.05) is 6.61 Å². The molecule has 0 radical (unpaired) electrons. The molecule has 2 aromatic carbocycles. The molecule has 0 saturated heterocycles. The summed E-state index contributed by atoms with van der Waals surface area (Å²) in [5, 5.41) is 70.5. The van der Waals surface area contributed by atoms with Crippen LogP contribution in [0.25, 0.3) is 22.1 Å². The zero-order valence-electron chi connectivity index (χ0n) is 15.5. The first-order valence-electron chi connectivity index (χ1n) is 9.16. The number of hydrogen-bond acceptors (Lipinski definition) is 9. The van der Waals surface area contributed by atoms with E-state index in [4.69, 9.17) is 4.42 Å². The highest BCUT2D eigenvalue weighted by molar-refractivity contribution is 5.86. The van der Waals surface area contributed by atoms with E-state index < -0.39 is 47.6 Å². The van der Waals surface area contributed by atoms with Gasteiger partial charge in [-0.15, -0.1) is 0 Å². The smallest absolute Gasteiger partial charge is 0.200 e. The second-order valence-corrected chi connectivity index (χ2v) is 7.41. The number of aromatic hydroxyl groups is 2. The Hall–Kier alpha value is -2.95. The molecule has 3 unspecified atom stereocenters. The van der Waals surface area contributed by atoms with Gasteiger partial charge in [0, 0.05) is 5.92 Å². The zero-order chi connectivity index (χ0) is 21.8. The maximum Gasteiger partial charge on any atom is 0.200 e. The van der Waals surface area contributed by atoms with Crippen LogP contribution in [0, 0.1) is 5.92 Å². The molecule has 9 nitrogen and oxygen atoms in total. The van der Waals surface area contributed by atoms with Crippen molar-refractivity contribution in [3.63, 3.8) is 0 Å². The maximum atomic E-state index is 13.0. The number of phenolic OH excluding ortho intramolecular Hbond substituents is 2. The number of aliphatic hydroxyl groups excluding tert-OH is 4. The van der Waals surface area contributed by atoms with Gasteiger partial charge in [-0.05, 0) is 29.8 Å². The molecule has 5 atom stereocenters. The van der Waals surface area contributed by atoms with Gasteiger partial charge in [-0.3, -0.25) is 4.79 Å². The van der Waals surface area contributed by atoms with Crippen LogP contribution in [0.4, 0.5) is 0 Å². The van der Waals surface area contributed by atoms with Gasteiger partial charge < -0.3 is 40.2 Å². The van der Waals surface area contributed by atoms with Crippen LogP contribution < -0.4 is 5.43 Å². The molecule has 1 aliphatic carbocycles. The van der Waals surface area contributed by atoms with Gasteiger partial charge in [-0.25, -0.2) is 0 Å². The van der Waals surface area contributed by atoms with E-state index in [2.05, 4.69) is 0 Å². The summed E-state index contributed by atoms with van der Waals surface area (Å²) in [6.07, 6.45) is -4.12. The summed E-state index contributed by atoms with van der Waals surface area (Å²) < 4.78 is 5.54. The molecular weight excluding hydrogens is 396 g/mol. The topological polar surface area (TPSA) is 172 Å². The van der Waals surface area contributed by atoms with E-state index in [-0.39, 0.29) is 27.8 Å². The van der Waals surface area contributed by atoms with E-state index >= 15 is 0 Å². The lowest BCUT2D eigenvalue weighted by atomic mass is 9.60. The highest BCUT2D eigenvalue weighted by Crippen LogP contribution is 2.50. The quantitative estimate of drug-likeness (QED) is 0.309. The van der Waals surface area contributed by atoms with Crippen molar-refractivity contribution < 1.29 is 40.2 Å². The fourth-order valence-electron chi connectivity index (χ4n) is 4.03. The number of hydrogen-bond donors (Lipinski definition) is 7. The van der Waals surface area contributed by atoms with Crippen molar-refractivity contribution in [1.82, 2.24) is 0 Å². The Kier molecular flexibility index (Phi) is 4.80. The van der Waals surface area contributed by atoms with E-state index in [1.165, 1.54) is 30.3 Å². The Morgan fingerprint density at radius 2 is 1.73 bits per heavy atom. The van der Waals surface area contributed by atoms with Gasteiger partial charge in [0.05, 0.1) is 29.2 Å². The largest absolute Gasteiger partial charge is 0.508 e. The molecule has 1 saturated carbocycles. The standard InChI is InChI=1S/C21H20O9/c22-7-13-17(26)20(28)21(13,29)19(27)15-14(24)6-5-11-16(25)12(8-30-18(11)15)9-1-3-10(23)4-2-9/h1-6,8,13,17,19-20,22-24,26-29H,7H2/t13?,17-,19+,20?,21?/m1/s1. The van der Waals surface area contributed by atoms with Crippen LogP contribution in [0.15, 0.2) is 51.9 Å². The third kappa shape index (κ3) is 2.72. The van der Waals surface area contributed by atoms with Crippen LogP contribution in [0.2, 0.25) is 0 Å². The minimum absolute atomic E-state index is 0.00839. The molecule has 158 valence electrons. The van der Waals surface area contributed by atoms with Crippen molar-refractivity contribution in [2.45, 2.75) is 23.9 Å². The summed E-state index contributed by atoms with van der Waals surface area (Å²) in [5.74, 6) is -1.76. The van der Waals surface area contributed by atoms with Gasteiger partial charge in [0.1, 0.15) is 41.2 Å². The molecule has 1 fully saturated rings. The number of phenols is 2. The lowest BCUT2D eigenvalue weighted by Crippen LogP contribution is -2.73. The summed E-state index contributed by atoms with van der Waals surface area (Å²) in [5.41, 5.74) is -2.79. The molecule has 1 heterocycles. The molecule has 0 amide bonds. The Morgan fingerprint density at radius 1 is 1.07 bits per heavy atom. The fraction of sp³-hybridized carbons (Fsp3) is 0.286. The van der Waals surface area contributed by atoms with E-state index in [9.17, 15) is 40.5 Å². The van der Waals surface area contributed by atoms with Crippen molar-refractivity contribution in [3.8, 4) is 22.6 Å². The Bertz CT molecular complexity index is 1150. The van der Waals surface area contributed by atoms with Crippen molar-refractivity contribution in [3.05, 3.63) is 58.4 Å². The molecular formula is C21H20O9. The monoisotopic (exact) mass is 416 g/mol. The average molecular weight is 416 g/mol. The Balaban J connectivity index is 1.87. The minimum atomic E-state index is -2.37. The molecule has 4 rings (SSSR count). The number of fused-ring (bicyclic) bond motifs is 1. The van der Waals surface area contributed by atoms with Gasteiger partial charge in [0.15, 0.2) is 0 Å². The van der Waals surface area contributed by atoms with Crippen LogP contribution in [0.3, 0.4) is 0 Å². The third-order valence-corrected chi connectivity index (χ3v) is 5.85. The molecule has 1 aliphatic rings. The van der Waals surface area contributed by atoms with Crippen molar-refractivity contribution in [1.29, 1.82) is 0 Å². The average Bonchev–Trinajstić information content (AvgIpc) is 2.74. The van der Waals surface area contributed by atoms with E-state index in [0.717, 1.165) is 12.3 Å². The highest BCUT2D eigenvalue weighted by Gasteiger charge is 2.65. The highest BCUT2D eigenvalue weighted by atomic mass is 16.4. The van der Waals surface area contributed by atoms with Gasteiger partial charge >= 0.3 is 0 Å². The summed E-state index contributed by atoms with van der Waals surface area (Å²) in [7, 11) is 0. The number of rotatable bonds is 4. The third-order valence-electron chi connectivity index (χ3n) is 5.85. The van der Waals surface area contributed by atoms with Crippen LogP contribution in [0.1, 0.15) is 11.7 Å². The number of benzene rings is 2. The lowest BCUT2D eigenvalue weighted by Gasteiger charge is -2.54. The van der Waals surface area contributed by atoms with Gasteiger partial charge in [0.2, 0.25) is 5.43 Å². The van der Waals surface area contributed by atoms with E-state index in [1.54, 1.807) is 0 Å². The van der Waals surface area contributed by atoms with Crippen LogP contribution in [-0.2, 0) is 0 Å². The van der Waals surface area contributed by atoms with Gasteiger partial charge in [-0.1, -0.05) is 12.1 Å². The molecule has 3 aromatic rings. The fourth-order valence-corrected chi connectivity index (χ4v) is 4.03. The second-order valence-electron chi connectivity index (χ2n) is 7.41. The summed E-state index contributed by atoms with van der Waals surface area (Å²) in [6.45, 7) is -0.730. The molecule has 7 N–H and O–H groups in total. The Labute approximate surface area is 169 Å². The SMILES string of the molecule is O=c1c(-c2ccc(O)cc2)coc2c([C@H](O)C3(O)C(O)[C@H](O)C3CO)c(O)ccc12. The molecule has 1 aromatic heterocycles. The maximum absolute atomic E-state index is 13.0. The lowest BCUT2D eigenvalue weighted by molar-refractivity contribution is -0.303. The summed E-state index contributed by atoms with van der Waals surface area (Å²) in [6, 6.07) is 8.26. The van der Waals surface area contributed by atoms with Crippen LogP contribution in [-0.4, -0.2) is 60.2 Å². The molecule has 0 spiro atoms. The minimum Gasteiger partial charge on any atom is -0.508 e. The first kappa shape index (κ1) is 20.3. The summed E-state index contributed by atoms with van der Waals surface area (Å²) in [4.78, 5) is 13.0. The van der Waals surface area contributed by atoms with Crippen molar-refractivity contribution >= 4 is 11.0 Å². The van der Waals surface area contributed by atoms with Crippen molar-refractivity contribution in [2.24, 2.45) is 5.92 Å². The van der Waals surface area contributed by atoms with Crippen LogP contribution in [0.5, 0.6) is 11.5 Å². The number of aliphatic hydroxyl groups is 5. The first-order valence-corrected chi connectivity index (χ1v) is 9.16. The Morgan fingerprint density at radius 3 is 2.37 bits per heavy atom. The molecule has 9 heteroatoms. The summed E-state index contributed by atoms with van der Waals surface area (Å²) >= 11 is 0. The second kappa shape index (κ2) is 7.08. The molecule has 0 bridgehead atoms.